The van der Waals surface area contributed by atoms with E-state index in [1.807, 2.05) is 37.3 Å². The maximum absolute atomic E-state index is 12.3. The number of nitrogens with zero attached hydrogens (tertiary/aromatic N) is 11. The molecule has 24 heteroatoms. The van der Waals surface area contributed by atoms with Crippen LogP contribution in [0.15, 0.2) is 233 Å². The molecule has 0 radical (unpaired) electrons. The maximum Gasteiger partial charge on any atom is 0.214 e. The molecule has 0 bridgehead atoms. The second kappa shape index (κ2) is 56.1. The summed E-state index contributed by atoms with van der Waals surface area (Å²) < 4.78 is 64.8. The molecule has 2 N–H and O–H groups in total. The van der Waals surface area contributed by atoms with Crippen LogP contribution in [0.4, 0.5) is 11.4 Å². The highest BCUT2D eigenvalue weighted by Crippen LogP contribution is 2.48. The highest BCUT2D eigenvalue weighted by atomic mass is 32.2. The van der Waals surface area contributed by atoms with Gasteiger partial charge in [-0.3, -0.25) is 4.90 Å². The van der Waals surface area contributed by atoms with E-state index in [9.17, 15) is 26.5 Å². The van der Waals surface area contributed by atoms with E-state index in [-0.39, 0.29) is 21.6 Å². The fraction of sp³-hybridized carbons (Fsp3) is 0.519. The molecule has 18 nitrogen and oxygen atoms in total. The number of aromatic nitrogens is 2. The van der Waals surface area contributed by atoms with Gasteiger partial charge >= 0.3 is 0 Å². The quantitative estimate of drug-likeness (QED) is 0.0268. The van der Waals surface area contributed by atoms with Gasteiger partial charge in [0.2, 0.25) is 10.0 Å². The van der Waals surface area contributed by atoms with E-state index in [0.717, 1.165) is 71.9 Å². The second-order valence-corrected chi connectivity index (χ2v) is 49.0. The minimum absolute atomic E-state index is 0.0599. The van der Waals surface area contributed by atoms with Gasteiger partial charge in [-0.15, -0.1) is 19.6 Å². The van der Waals surface area contributed by atoms with E-state index < -0.39 is 25.4 Å². The van der Waals surface area contributed by atoms with Gasteiger partial charge < -0.3 is 59.7 Å². The number of phenolic OH excluding ortho intramolecular Hbond substituents is 1. The number of unbranched alkanes of at least 4 members (excludes halogenated alkanes) is 5. The van der Waals surface area contributed by atoms with Crippen LogP contribution in [0.2, 0.25) is 0 Å². The van der Waals surface area contributed by atoms with Crippen LogP contribution in [-0.4, -0.2) is 251 Å². The number of fused-ring (bicyclic) bond motifs is 5. The molecular formula is C108H156N12O6S6. The molecule has 7 saturated heterocycles. The van der Waals surface area contributed by atoms with Crippen LogP contribution >= 0.6 is 10.5 Å². The third kappa shape index (κ3) is 33.5. The Bertz CT molecular complexity index is 5150. The summed E-state index contributed by atoms with van der Waals surface area (Å²) in [5.41, 5.74) is 7.04. The summed E-state index contributed by atoms with van der Waals surface area (Å²) in [6.45, 7) is 35.0. The largest absolute Gasteiger partial charge is 0.748 e. The molecule has 18 rings (SSSR count). The van der Waals surface area contributed by atoms with Crippen molar-refractivity contribution in [2.24, 2.45) is 14.1 Å². The van der Waals surface area contributed by atoms with Crippen molar-refractivity contribution in [3.05, 3.63) is 240 Å². The molecule has 0 unspecified atom stereocenters. The molecule has 7 aliphatic heterocycles. The molecule has 0 atom stereocenters. The van der Waals surface area contributed by atoms with Gasteiger partial charge in [0.15, 0.2) is 29.0 Å². The van der Waals surface area contributed by atoms with Crippen molar-refractivity contribution in [1.82, 2.24) is 33.5 Å². The average molecular weight is 1910 g/mol. The molecule has 11 aromatic rings. The van der Waals surface area contributed by atoms with Crippen LogP contribution in [0.1, 0.15) is 150 Å². The number of hydrogen-bond donors (Lipinski definition) is 2. The summed E-state index contributed by atoms with van der Waals surface area (Å²) in [4.78, 5) is 18.4. The van der Waals surface area contributed by atoms with Crippen molar-refractivity contribution in [3.8, 4) is 10.6 Å². The normalized spacial score (nSPS) is 17.1. The zero-order chi connectivity index (χ0) is 93.3. The molecule has 132 heavy (non-hydrogen) atoms. The number of benzene rings is 8. The van der Waals surface area contributed by atoms with Crippen molar-refractivity contribution in [1.29, 1.82) is 0 Å². The molecule has 0 aliphatic carbocycles. The van der Waals surface area contributed by atoms with Gasteiger partial charge in [-0.05, 0) is 212 Å². The Kier molecular flexibility index (Phi) is 44.8. The average Bonchev–Trinajstić information content (AvgIpc) is 1.61. The number of para-hydroxylation sites is 4. The Hall–Kier alpha value is -6.95. The number of rotatable bonds is 28. The lowest BCUT2D eigenvalue weighted by atomic mass is 9.87. The maximum atomic E-state index is 12.3. The lowest BCUT2D eigenvalue weighted by Crippen LogP contribution is -2.49. The van der Waals surface area contributed by atoms with Crippen LogP contribution in [0, 0.1) is 0 Å². The van der Waals surface area contributed by atoms with E-state index in [1.165, 1.54) is 228 Å². The predicted octanol–water partition coefficient (Wildman–Crippen LogP) is 21.9. The standard InChI is InChI=1S/C18H12OS.C17H28N3.C16H26N3O2S.C14H21S.2C13H16NS.C12H26N3.C5H11NO3S/c19-13-9-11-14(12-10-13)20-17-7-3-1-5-15(17)16-6-2-4-8-18(16)20;1-2-18-11-7-4-8-12-19-13-15-20(16-14-19)17-9-5-3-6-10-17;1-2-17-10-6-7-15-22(20,21)19-13-11-18(12-14-19)16-8-4-3-5-9-16;1-14(2,3)12-6-8-13(9-7-12)15-10-4-5-11-15;2*1-14-10-13(15-8-4-5-9-15)11-6-2-3-7-12(11)14;1-3-13-7-5-4-6-8-15-11-9-14(2)10-12-15;7-10(8,9)5-1-3-6-4-2-5/h1-12H;3,5-6,9-10H,2,4,7-8,11-16H2,1H3;3-5,8-9H,2,6-7,10-15H2,1H3;6-9H,4-5,10-11H2,1-3H3;2*2-3,6-7,10H,4-5,8-9H2,1H3;3-12H2,1-2H3;5-6H,1-4H2,(H,7,8,9)/q;2*-1;3*+1;-1;. The number of sulfonamides is 1. The molecule has 10 heterocycles. The Labute approximate surface area is 806 Å². The van der Waals surface area contributed by atoms with Gasteiger partial charge in [-0.2, -0.15) is 23.9 Å². The molecule has 7 aliphatic rings. The van der Waals surface area contributed by atoms with Crippen LogP contribution in [0.5, 0.6) is 5.75 Å². The molecular weight excluding hydrogens is 1750 g/mol. The van der Waals surface area contributed by atoms with Gasteiger partial charge in [-0.25, -0.2) is 16.8 Å². The second-order valence-electron chi connectivity index (χ2n) is 36.5. The van der Waals surface area contributed by atoms with Crippen molar-refractivity contribution >= 4 is 117 Å². The zero-order valence-electron chi connectivity index (χ0n) is 81.0. The summed E-state index contributed by atoms with van der Waals surface area (Å²) in [7, 11) is 0.985. The number of phenols is 1. The zero-order valence-corrected chi connectivity index (χ0v) is 85.9. The number of piperazine rings is 3. The fourth-order valence-electron chi connectivity index (χ4n) is 18.0. The van der Waals surface area contributed by atoms with Crippen molar-refractivity contribution in [2.45, 2.75) is 170 Å². The summed E-state index contributed by atoms with van der Waals surface area (Å²) in [6, 6.07) is 72.7. The number of hydrogen-bond acceptors (Lipinski definition) is 12. The lowest BCUT2D eigenvalue weighted by molar-refractivity contribution is 0.152. The highest BCUT2D eigenvalue weighted by Gasteiger charge is 2.34. The van der Waals surface area contributed by atoms with Crippen molar-refractivity contribution in [3.63, 3.8) is 0 Å². The Morgan fingerprint density at radius 1 is 0.417 bits per heavy atom. The van der Waals surface area contributed by atoms with E-state index in [2.05, 4.69) is 287 Å². The third-order valence-electron chi connectivity index (χ3n) is 25.8. The number of piperidine rings is 1. The molecule has 0 spiro atoms. The van der Waals surface area contributed by atoms with Gasteiger partial charge in [0, 0.05) is 170 Å². The smallest absolute Gasteiger partial charge is 0.214 e. The number of nitrogens with one attached hydrogen (secondary N) is 1. The van der Waals surface area contributed by atoms with Crippen LogP contribution in [-0.2, 0) is 72.3 Å². The first-order valence-corrected chi connectivity index (χ1v) is 58.3. The monoisotopic (exact) mass is 1910 g/mol. The topological polar surface area (TPSA) is 195 Å². The SMILES string of the molecule is CC(C)(C)c1ccc([S+]2CCCC2)cc1.CC[N-]CCCCCN1CCN(C)CC1.CC[N-]CCCCCN1CCN(c2ccccc2)CC1.CC[N-]CCCCS(=O)(=O)N1CCN(c2ccccc2)CC1.Cn1cc([S+]2CCCC2)c2ccccc21.Cn1cc([S+]2CCCC2)c2ccccc21.O=S(=O)([O-])C1CCNCC1.Oc1ccc(-[s+]2c3ccccc3c3ccccc32)cc1. The van der Waals surface area contributed by atoms with E-state index >= 15 is 0 Å². The Morgan fingerprint density at radius 3 is 1.21 bits per heavy atom. The third-order valence-corrected chi connectivity index (χ3v) is 38.9. The van der Waals surface area contributed by atoms with Crippen LogP contribution in [0.25, 0.3) is 62.8 Å². The molecule has 0 amide bonds. The van der Waals surface area contributed by atoms with E-state index in [1.54, 1.807) is 31.1 Å². The summed E-state index contributed by atoms with van der Waals surface area (Å²) in [6.07, 6.45) is 23.6. The van der Waals surface area contributed by atoms with Crippen LogP contribution in [0.3, 0.4) is 0 Å². The Morgan fingerprint density at radius 2 is 0.795 bits per heavy atom. The van der Waals surface area contributed by atoms with Crippen molar-refractivity contribution < 1.29 is 26.5 Å². The fourth-order valence-corrected chi connectivity index (χ4v) is 30.1. The van der Waals surface area contributed by atoms with Crippen molar-refractivity contribution in [2.75, 3.05) is 201 Å². The first-order chi connectivity index (χ1) is 64.1. The number of aryl methyl sites for hydroxylation is 2. The summed E-state index contributed by atoms with van der Waals surface area (Å²) in [5, 5.41) is 30.4. The first-order valence-electron chi connectivity index (χ1n) is 49.3. The van der Waals surface area contributed by atoms with E-state index in [4.69, 9.17) is 0 Å². The van der Waals surface area contributed by atoms with Gasteiger partial charge in [0.1, 0.15) is 40.3 Å². The van der Waals surface area contributed by atoms with Gasteiger partial charge in [0.25, 0.3) is 0 Å². The summed E-state index contributed by atoms with van der Waals surface area (Å²) in [5.74, 6) is 9.06. The minimum Gasteiger partial charge on any atom is -0.748 e. The molecule has 3 aromatic heterocycles. The first kappa shape index (κ1) is 106. The molecule has 7 fully saturated rings. The molecule has 8 aromatic carbocycles. The minimum atomic E-state index is -4.02. The highest BCUT2D eigenvalue weighted by molar-refractivity contribution is 7.98. The number of likely N-dealkylation sites (N-methyl/N-ethyl adjacent to an activating group) is 1. The van der Waals surface area contributed by atoms with Crippen LogP contribution < -0.4 is 15.1 Å². The number of aromatic hydroxyl groups is 1. The lowest BCUT2D eigenvalue weighted by Gasteiger charge is -2.36. The molecule has 720 valence electrons. The predicted molar refractivity (Wildman–Crippen MR) is 574 cm³/mol. The van der Waals surface area contributed by atoms with Gasteiger partial charge in [-0.1, -0.05) is 171 Å². The molecule has 0 saturated carbocycles. The summed E-state index contributed by atoms with van der Waals surface area (Å²) >= 11 is 0. The van der Waals surface area contributed by atoms with Gasteiger partial charge in [0.05, 0.1) is 55.3 Å². The number of thiophene rings is 1. The Balaban J connectivity index is 0.000000147. The van der Waals surface area contributed by atoms with E-state index in [0.29, 0.717) is 83.9 Å². The number of anilines is 2.